The van der Waals surface area contributed by atoms with Gasteiger partial charge < -0.3 is 9.84 Å². The van der Waals surface area contributed by atoms with Crippen LogP contribution in [-0.2, 0) is 4.74 Å². The molecule has 2 rings (SSSR count). The molecule has 1 saturated heterocycles. The van der Waals surface area contributed by atoms with Crippen molar-refractivity contribution in [3.8, 4) is 0 Å². The van der Waals surface area contributed by atoms with Crippen LogP contribution < -0.4 is 0 Å². The van der Waals surface area contributed by atoms with Crippen molar-refractivity contribution in [3.63, 3.8) is 0 Å². The van der Waals surface area contributed by atoms with Gasteiger partial charge in [-0.15, -0.1) is 0 Å². The lowest BCUT2D eigenvalue weighted by Crippen LogP contribution is -2.05. The highest BCUT2D eigenvalue weighted by atomic mass is 127. The van der Waals surface area contributed by atoms with Crippen LogP contribution in [-0.4, -0.2) is 15.3 Å². The van der Waals surface area contributed by atoms with Gasteiger partial charge in [0.15, 0.2) is 0 Å². The Balaban J connectivity index is 2.10. The molecule has 1 aliphatic heterocycles. The van der Waals surface area contributed by atoms with E-state index in [0.29, 0.717) is 0 Å². The van der Waals surface area contributed by atoms with E-state index in [9.17, 15) is 5.11 Å². The van der Waals surface area contributed by atoms with Crippen LogP contribution in [0.25, 0.3) is 0 Å². The standard InChI is InChI=1S/C9H9IO2/c10-9-8(12-9)7(11)6-4-2-1-3-5-6/h1-5,7-9,11H. The number of hydrogen-bond acceptors (Lipinski definition) is 2. The quantitative estimate of drug-likeness (QED) is 0.508. The first-order chi connectivity index (χ1) is 5.79. The summed E-state index contributed by atoms with van der Waals surface area (Å²) >= 11 is 2.18. The van der Waals surface area contributed by atoms with Crippen molar-refractivity contribution in [1.29, 1.82) is 0 Å². The third-order valence-corrected chi connectivity index (χ3v) is 2.92. The van der Waals surface area contributed by atoms with Gasteiger partial charge in [0, 0.05) is 0 Å². The van der Waals surface area contributed by atoms with Crippen LogP contribution in [0.4, 0.5) is 0 Å². The molecule has 0 saturated carbocycles. The minimum atomic E-state index is -0.465. The summed E-state index contributed by atoms with van der Waals surface area (Å²) in [7, 11) is 0. The second kappa shape index (κ2) is 3.32. The lowest BCUT2D eigenvalue weighted by atomic mass is 10.1. The number of rotatable bonds is 2. The Labute approximate surface area is 84.7 Å². The van der Waals surface area contributed by atoms with Gasteiger partial charge in [0.1, 0.15) is 16.3 Å². The molecule has 64 valence electrons. The number of alkyl halides is 1. The third-order valence-electron chi connectivity index (χ3n) is 1.92. The summed E-state index contributed by atoms with van der Waals surface area (Å²) in [5.41, 5.74) is 0.932. The number of hydrogen-bond donors (Lipinski definition) is 1. The molecule has 1 fully saturated rings. The predicted octanol–water partition coefficient (Wildman–Crippen LogP) is 1.88. The van der Waals surface area contributed by atoms with Gasteiger partial charge in [0.05, 0.1) is 0 Å². The second-order valence-corrected chi connectivity index (χ2v) is 4.04. The summed E-state index contributed by atoms with van der Waals surface area (Å²) in [6, 6.07) is 9.60. The lowest BCUT2D eigenvalue weighted by Gasteiger charge is -2.05. The van der Waals surface area contributed by atoms with E-state index in [1.54, 1.807) is 0 Å². The summed E-state index contributed by atoms with van der Waals surface area (Å²) in [6.07, 6.45) is -0.471. The van der Waals surface area contributed by atoms with E-state index in [-0.39, 0.29) is 10.2 Å². The number of halogens is 1. The normalized spacial score (nSPS) is 29.8. The zero-order chi connectivity index (χ0) is 8.55. The molecule has 1 aromatic carbocycles. The van der Waals surface area contributed by atoms with Crippen molar-refractivity contribution in [1.82, 2.24) is 0 Å². The first-order valence-electron chi connectivity index (χ1n) is 3.81. The summed E-state index contributed by atoms with van der Waals surface area (Å²) in [5, 5.41) is 9.70. The molecule has 1 aromatic rings. The van der Waals surface area contributed by atoms with Crippen molar-refractivity contribution in [2.45, 2.75) is 16.3 Å². The Bertz CT molecular complexity index is 262. The van der Waals surface area contributed by atoms with E-state index in [2.05, 4.69) is 22.6 Å². The molecule has 0 aromatic heterocycles. The van der Waals surface area contributed by atoms with E-state index in [4.69, 9.17) is 4.74 Å². The molecule has 3 atom stereocenters. The highest BCUT2D eigenvalue weighted by Crippen LogP contribution is 2.37. The molecule has 0 amide bonds. The largest absolute Gasteiger partial charge is 0.386 e. The molecule has 1 N–H and O–H groups in total. The van der Waals surface area contributed by atoms with Crippen molar-refractivity contribution in [2.75, 3.05) is 0 Å². The maximum absolute atomic E-state index is 9.70. The van der Waals surface area contributed by atoms with Crippen LogP contribution in [0.2, 0.25) is 0 Å². The van der Waals surface area contributed by atoms with Crippen LogP contribution in [0.3, 0.4) is 0 Å². The molecule has 1 aliphatic rings. The predicted molar refractivity (Wildman–Crippen MR) is 54.1 cm³/mol. The molecule has 0 spiro atoms. The van der Waals surface area contributed by atoms with Gasteiger partial charge in [-0.05, 0) is 28.2 Å². The van der Waals surface area contributed by atoms with Crippen LogP contribution in [0.5, 0.6) is 0 Å². The van der Waals surface area contributed by atoms with E-state index in [1.165, 1.54) is 0 Å². The Morgan fingerprint density at radius 3 is 2.42 bits per heavy atom. The Kier molecular flexibility index (Phi) is 2.34. The minimum absolute atomic E-state index is 0.00648. The fourth-order valence-corrected chi connectivity index (χ4v) is 1.89. The van der Waals surface area contributed by atoms with Gasteiger partial charge in [-0.1, -0.05) is 30.3 Å². The average Bonchev–Trinajstić information content (AvgIpc) is 2.83. The molecule has 0 bridgehead atoms. The maximum Gasteiger partial charge on any atom is 0.138 e. The molecular formula is C9H9IO2. The number of benzene rings is 1. The lowest BCUT2D eigenvalue weighted by molar-refractivity contribution is 0.137. The summed E-state index contributed by atoms with van der Waals surface area (Å²) in [5.74, 6) is 0. The van der Waals surface area contributed by atoms with E-state index >= 15 is 0 Å². The van der Waals surface area contributed by atoms with Crippen molar-refractivity contribution < 1.29 is 9.84 Å². The molecule has 0 radical (unpaired) electrons. The molecule has 2 nitrogen and oxygen atoms in total. The van der Waals surface area contributed by atoms with Gasteiger partial charge in [-0.2, -0.15) is 0 Å². The third kappa shape index (κ3) is 1.62. The van der Waals surface area contributed by atoms with Gasteiger partial charge in [0.25, 0.3) is 0 Å². The molecule has 12 heavy (non-hydrogen) atoms. The fraction of sp³-hybridized carbons (Fsp3) is 0.333. The molecular weight excluding hydrogens is 267 g/mol. The van der Waals surface area contributed by atoms with Gasteiger partial charge in [-0.3, -0.25) is 0 Å². The number of ether oxygens (including phenoxy) is 1. The Morgan fingerprint density at radius 2 is 1.92 bits per heavy atom. The highest BCUT2D eigenvalue weighted by molar-refractivity contribution is 14.1. The van der Waals surface area contributed by atoms with Crippen molar-refractivity contribution >= 4 is 22.6 Å². The van der Waals surface area contributed by atoms with Crippen LogP contribution >= 0.6 is 22.6 Å². The summed E-state index contributed by atoms with van der Waals surface area (Å²) in [6.45, 7) is 0. The molecule has 1 heterocycles. The van der Waals surface area contributed by atoms with Gasteiger partial charge in [-0.25, -0.2) is 0 Å². The summed E-state index contributed by atoms with van der Waals surface area (Å²) < 4.78 is 5.35. The van der Waals surface area contributed by atoms with Crippen molar-refractivity contribution in [2.24, 2.45) is 0 Å². The number of aliphatic hydroxyl groups excluding tert-OH is 1. The average molecular weight is 276 g/mol. The fourth-order valence-electron chi connectivity index (χ4n) is 1.16. The van der Waals surface area contributed by atoms with E-state index < -0.39 is 6.10 Å². The smallest absolute Gasteiger partial charge is 0.138 e. The molecule has 3 heteroatoms. The Morgan fingerprint density at radius 1 is 1.33 bits per heavy atom. The highest BCUT2D eigenvalue weighted by Gasteiger charge is 2.42. The van der Waals surface area contributed by atoms with E-state index in [1.807, 2.05) is 30.3 Å². The monoisotopic (exact) mass is 276 g/mol. The minimum Gasteiger partial charge on any atom is -0.386 e. The molecule has 0 aliphatic carbocycles. The maximum atomic E-state index is 9.70. The first-order valence-corrected chi connectivity index (χ1v) is 5.06. The van der Waals surface area contributed by atoms with Gasteiger partial charge >= 0.3 is 0 Å². The summed E-state index contributed by atoms with van der Waals surface area (Å²) in [4.78, 5) is 0. The van der Waals surface area contributed by atoms with Crippen molar-refractivity contribution in [3.05, 3.63) is 35.9 Å². The number of aliphatic hydroxyl groups is 1. The van der Waals surface area contributed by atoms with Crippen LogP contribution in [0, 0.1) is 0 Å². The topological polar surface area (TPSA) is 32.8 Å². The van der Waals surface area contributed by atoms with Crippen LogP contribution in [0.15, 0.2) is 30.3 Å². The zero-order valence-electron chi connectivity index (χ0n) is 6.35. The zero-order valence-corrected chi connectivity index (χ0v) is 8.51. The Hall–Kier alpha value is -0.130. The van der Waals surface area contributed by atoms with E-state index in [0.717, 1.165) is 5.56 Å². The van der Waals surface area contributed by atoms with Crippen LogP contribution in [0.1, 0.15) is 11.7 Å². The second-order valence-electron chi connectivity index (χ2n) is 2.81. The SMILES string of the molecule is OC(c1ccccc1)C1OC1I. The number of epoxide rings is 1. The first kappa shape index (κ1) is 8.47. The van der Waals surface area contributed by atoms with Gasteiger partial charge in [0.2, 0.25) is 0 Å². The molecule has 3 unspecified atom stereocenters.